The molecule has 0 radical (unpaired) electrons. The minimum absolute atomic E-state index is 0.248. The molecule has 158 valence electrons. The molecule has 5 rings (SSSR count). The molecule has 1 aliphatic carbocycles. The Hall–Kier alpha value is -2.20. The molecule has 2 unspecified atom stereocenters. The van der Waals surface area contributed by atoms with E-state index in [9.17, 15) is 4.79 Å². The van der Waals surface area contributed by atoms with Crippen LogP contribution in [0.2, 0.25) is 5.02 Å². The molecule has 1 saturated carbocycles. The monoisotopic (exact) mass is 424 g/mol. The summed E-state index contributed by atoms with van der Waals surface area (Å²) in [5.41, 5.74) is 4.91. The van der Waals surface area contributed by atoms with Crippen molar-refractivity contribution in [3.8, 4) is 0 Å². The van der Waals surface area contributed by atoms with Crippen LogP contribution in [0.1, 0.15) is 54.7 Å². The van der Waals surface area contributed by atoms with Gasteiger partial charge in [-0.15, -0.1) is 0 Å². The molecule has 30 heavy (non-hydrogen) atoms. The van der Waals surface area contributed by atoms with E-state index in [4.69, 9.17) is 16.3 Å². The first-order valence-corrected chi connectivity index (χ1v) is 11.6. The van der Waals surface area contributed by atoms with Crippen LogP contribution < -0.4 is 4.90 Å². The Balaban J connectivity index is 1.39. The zero-order valence-electron chi connectivity index (χ0n) is 17.4. The van der Waals surface area contributed by atoms with Crippen LogP contribution in [-0.2, 0) is 17.9 Å². The van der Waals surface area contributed by atoms with Crippen LogP contribution in [0.4, 0.5) is 10.5 Å². The Bertz CT molecular complexity index is 917. The van der Waals surface area contributed by atoms with Crippen molar-refractivity contribution in [2.24, 2.45) is 5.92 Å². The van der Waals surface area contributed by atoms with Crippen molar-refractivity contribution in [2.75, 3.05) is 24.5 Å². The number of rotatable bonds is 2. The normalized spacial score (nSPS) is 23.1. The van der Waals surface area contributed by atoms with E-state index in [0.29, 0.717) is 31.5 Å². The number of benzene rings is 2. The molecular formula is C25H29ClN2O2. The zero-order valence-corrected chi connectivity index (χ0v) is 18.1. The van der Waals surface area contributed by atoms with Gasteiger partial charge in [0.05, 0.1) is 6.54 Å². The molecule has 4 nitrogen and oxygen atoms in total. The van der Waals surface area contributed by atoms with Crippen molar-refractivity contribution in [3.05, 3.63) is 64.2 Å². The highest BCUT2D eigenvalue weighted by Crippen LogP contribution is 2.48. The second-order valence-corrected chi connectivity index (χ2v) is 9.35. The van der Waals surface area contributed by atoms with Gasteiger partial charge in [-0.05, 0) is 53.5 Å². The van der Waals surface area contributed by atoms with Crippen LogP contribution in [0, 0.1) is 5.92 Å². The molecule has 0 N–H and O–H groups in total. The Labute approximate surface area is 183 Å². The lowest BCUT2D eigenvalue weighted by Crippen LogP contribution is -2.41. The average molecular weight is 425 g/mol. The molecule has 2 aliphatic heterocycles. The van der Waals surface area contributed by atoms with E-state index in [0.717, 1.165) is 29.2 Å². The third-order valence-electron chi connectivity index (χ3n) is 6.98. The van der Waals surface area contributed by atoms with Crippen LogP contribution in [-0.4, -0.2) is 30.6 Å². The van der Waals surface area contributed by atoms with Gasteiger partial charge in [-0.2, -0.15) is 0 Å². The van der Waals surface area contributed by atoms with Gasteiger partial charge in [0.2, 0.25) is 0 Å². The Kier molecular flexibility index (Phi) is 5.60. The van der Waals surface area contributed by atoms with Gasteiger partial charge in [0.15, 0.2) is 0 Å². The Morgan fingerprint density at radius 1 is 1.07 bits per heavy atom. The maximum absolute atomic E-state index is 12.9. The van der Waals surface area contributed by atoms with E-state index in [2.05, 4.69) is 11.0 Å². The maximum Gasteiger partial charge on any atom is 0.410 e. The fourth-order valence-electron chi connectivity index (χ4n) is 5.55. The summed E-state index contributed by atoms with van der Waals surface area (Å²) in [7, 11) is 0. The summed E-state index contributed by atoms with van der Waals surface area (Å²) in [4.78, 5) is 17.2. The Morgan fingerprint density at radius 2 is 1.90 bits per heavy atom. The lowest BCUT2D eigenvalue weighted by atomic mass is 9.77. The number of fused-ring (bicyclic) bond motifs is 2. The summed E-state index contributed by atoms with van der Waals surface area (Å²) >= 11 is 6.57. The van der Waals surface area contributed by atoms with E-state index in [1.165, 1.54) is 43.4 Å². The molecular weight excluding hydrogens is 396 g/mol. The third kappa shape index (κ3) is 3.90. The first kappa shape index (κ1) is 19.7. The summed E-state index contributed by atoms with van der Waals surface area (Å²) < 4.78 is 5.63. The van der Waals surface area contributed by atoms with Gasteiger partial charge in [0.25, 0.3) is 0 Å². The fourth-order valence-corrected chi connectivity index (χ4v) is 5.80. The smallest absolute Gasteiger partial charge is 0.410 e. The number of hydrogen-bond donors (Lipinski definition) is 0. The largest absolute Gasteiger partial charge is 0.445 e. The molecule has 2 aromatic carbocycles. The number of amides is 1. The molecule has 1 fully saturated rings. The van der Waals surface area contributed by atoms with Gasteiger partial charge in [0, 0.05) is 30.3 Å². The summed E-state index contributed by atoms with van der Waals surface area (Å²) in [5.74, 6) is 1.30. The van der Waals surface area contributed by atoms with Crippen LogP contribution in [0.5, 0.6) is 0 Å². The number of halogens is 1. The van der Waals surface area contributed by atoms with Gasteiger partial charge in [-0.1, -0.05) is 61.2 Å². The van der Waals surface area contributed by atoms with E-state index in [1.54, 1.807) is 0 Å². The number of ether oxygens (including phenoxy) is 1. The van der Waals surface area contributed by atoms with Crippen LogP contribution >= 0.6 is 11.6 Å². The van der Waals surface area contributed by atoms with Crippen molar-refractivity contribution < 1.29 is 9.53 Å². The Morgan fingerprint density at radius 3 is 2.77 bits per heavy atom. The van der Waals surface area contributed by atoms with Crippen LogP contribution in [0.3, 0.4) is 0 Å². The van der Waals surface area contributed by atoms with Crippen molar-refractivity contribution in [1.82, 2.24) is 4.90 Å². The molecule has 2 heterocycles. The molecule has 0 saturated heterocycles. The average Bonchev–Trinajstić information content (AvgIpc) is 3.10. The van der Waals surface area contributed by atoms with Gasteiger partial charge >= 0.3 is 6.09 Å². The molecule has 3 aliphatic rings. The third-order valence-corrected chi connectivity index (χ3v) is 7.20. The first-order chi connectivity index (χ1) is 14.7. The predicted molar refractivity (Wildman–Crippen MR) is 120 cm³/mol. The number of carbonyl (C=O) groups excluding carboxylic acids is 1. The number of nitrogens with zero attached hydrogens (tertiary/aromatic N) is 2. The zero-order chi connectivity index (χ0) is 20.5. The fraction of sp³-hybridized carbons (Fsp3) is 0.480. The van der Waals surface area contributed by atoms with Gasteiger partial charge in [-0.25, -0.2) is 4.79 Å². The molecule has 1 amide bonds. The lowest BCUT2D eigenvalue weighted by Gasteiger charge is -2.41. The lowest BCUT2D eigenvalue weighted by molar-refractivity contribution is 0.0953. The minimum atomic E-state index is -0.248. The van der Waals surface area contributed by atoms with Crippen molar-refractivity contribution in [1.29, 1.82) is 0 Å². The van der Waals surface area contributed by atoms with Crippen LogP contribution in [0.15, 0.2) is 42.5 Å². The van der Waals surface area contributed by atoms with Crippen LogP contribution in [0.25, 0.3) is 0 Å². The first-order valence-electron chi connectivity index (χ1n) is 11.2. The van der Waals surface area contributed by atoms with Gasteiger partial charge in [0.1, 0.15) is 6.61 Å². The SMILES string of the molecule is O=C(OCc1ccccc1)N1CCN2CC3CCCCCC3c3cc(Cl)cc(c32)C1. The molecule has 0 aromatic heterocycles. The second-order valence-electron chi connectivity index (χ2n) is 8.92. The highest BCUT2D eigenvalue weighted by molar-refractivity contribution is 6.30. The number of anilines is 1. The van der Waals surface area contributed by atoms with Crippen molar-refractivity contribution >= 4 is 23.4 Å². The summed E-state index contributed by atoms with van der Waals surface area (Å²) in [5, 5.41) is 0.785. The van der Waals surface area contributed by atoms with Gasteiger partial charge in [-0.3, -0.25) is 0 Å². The molecule has 0 spiro atoms. The second kappa shape index (κ2) is 8.50. The van der Waals surface area contributed by atoms with Crippen molar-refractivity contribution in [2.45, 2.75) is 51.2 Å². The summed E-state index contributed by atoms with van der Waals surface area (Å²) in [6.07, 6.45) is 6.29. The summed E-state index contributed by atoms with van der Waals surface area (Å²) in [6, 6.07) is 14.1. The van der Waals surface area contributed by atoms with E-state index >= 15 is 0 Å². The maximum atomic E-state index is 12.9. The van der Waals surface area contributed by atoms with E-state index in [-0.39, 0.29) is 6.09 Å². The molecule has 2 aromatic rings. The predicted octanol–water partition coefficient (Wildman–Crippen LogP) is 5.98. The molecule has 5 heteroatoms. The minimum Gasteiger partial charge on any atom is -0.445 e. The quantitative estimate of drug-likeness (QED) is 0.594. The molecule has 0 bridgehead atoms. The number of hydrogen-bond acceptors (Lipinski definition) is 3. The van der Waals surface area contributed by atoms with E-state index < -0.39 is 0 Å². The number of carbonyl (C=O) groups is 1. The highest BCUT2D eigenvalue weighted by atomic mass is 35.5. The van der Waals surface area contributed by atoms with Crippen molar-refractivity contribution in [3.63, 3.8) is 0 Å². The highest BCUT2D eigenvalue weighted by Gasteiger charge is 2.37. The topological polar surface area (TPSA) is 32.8 Å². The standard InChI is InChI=1S/C25H29ClN2O2/c26-21-13-20-16-28(25(29)30-17-18-7-3-1-4-8-18)12-11-27-15-19-9-5-2-6-10-22(19)23(14-21)24(20)27/h1,3-4,7-8,13-14,19,22H,2,5-6,9-12,15-17H2. The molecule has 2 atom stereocenters. The van der Waals surface area contributed by atoms with E-state index in [1.807, 2.05) is 41.3 Å². The summed E-state index contributed by atoms with van der Waals surface area (Å²) in [6.45, 7) is 3.49. The van der Waals surface area contributed by atoms with Gasteiger partial charge < -0.3 is 14.5 Å².